The lowest BCUT2D eigenvalue weighted by Crippen LogP contribution is -2.54. The van der Waals surface area contributed by atoms with Gasteiger partial charge in [0.25, 0.3) is 0 Å². The first kappa shape index (κ1) is 13.3. The molecule has 2 aliphatic rings. The summed E-state index contributed by atoms with van der Waals surface area (Å²) in [5, 5.41) is 2.97. The minimum Gasteiger partial charge on any atom is -0.467 e. The topological polar surface area (TPSA) is 67.9 Å². The van der Waals surface area contributed by atoms with Crippen LogP contribution in [0.1, 0.15) is 19.8 Å². The van der Waals surface area contributed by atoms with Gasteiger partial charge >= 0.3 is 5.97 Å². The van der Waals surface area contributed by atoms with Crippen LogP contribution in [0.4, 0.5) is 0 Å². The van der Waals surface area contributed by atoms with Gasteiger partial charge in [0.05, 0.1) is 19.8 Å². The van der Waals surface area contributed by atoms with E-state index in [1.807, 2.05) is 11.8 Å². The fourth-order valence-corrected chi connectivity index (χ4v) is 2.01. The molecule has 1 saturated heterocycles. The molecule has 1 amide bonds. The summed E-state index contributed by atoms with van der Waals surface area (Å²) < 4.78 is 10.00. The number of hydrogen-bond donors (Lipinski definition) is 1. The molecule has 102 valence electrons. The van der Waals surface area contributed by atoms with E-state index in [-0.39, 0.29) is 17.9 Å². The number of ether oxygens (including phenoxy) is 2. The van der Waals surface area contributed by atoms with Crippen molar-refractivity contribution in [3.05, 3.63) is 0 Å². The molecule has 6 nitrogen and oxygen atoms in total. The maximum atomic E-state index is 11.9. The van der Waals surface area contributed by atoms with E-state index in [2.05, 4.69) is 10.1 Å². The van der Waals surface area contributed by atoms with E-state index < -0.39 is 6.10 Å². The number of amides is 1. The van der Waals surface area contributed by atoms with Crippen LogP contribution in [-0.2, 0) is 19.1 Å². The largest absolute Gasteiger partial charge is 0.467 e. The van der Waals surface area contributed by atoms with Crippen LogP contribution in [0.25, 0.3) is 0 Å². The van der Waals surface area contributed by atoms with Gasteiger partial charge in [-0.1, -0.05) is 0 Å². The number of hydrogen-bond acceptors (Lipinski definition) is 5. The lowest BCUT2D eigenvalue weighted by atomic mass is 10.2. The van der Waals surface area contributed by atoms with Crippen LogP contribution in [-0.4, -0.2) is 61.8 Å². The fourth-order valence-electron chi connectivity index (χ4n) is 2.01. The SMILES string of the molecule is COC(=O)C1CN(C(C)C(=O)NC2CC2)CCO1. The third kappa shape index (κ3) is 3.20. The van der Waals surface area contributed by atoms with Crippen molar-refractivity contribution < 1.29 is 19.1 Å². The van der Waals surface area contributed by atoms with Crippen LogP contribution in [0.5, 0.6) is 0 Å². The number of rotatable bonds is 4. The fraction of sp³-hybridized carbons (Fsp3) is 0.833. The lowest BCUT2D eigenvalue weighted by molar-refractivity contribution is -0.161. The molecule has 1 aliphatic heterocycles. The van der Waals surface area contributed by atoms with Gasteiger partial charge in [-0.3, -0.25) is 9.69 Å². The van der Waals surface area contributed by atoms with Gasteiger partial charge in [-0.05, 0) is 19.8 Å². The quantitative estimate of drug-likeness (QED) is 0.689. The highest BCUT2D eigenvalue weighted by Crippen LogP contribution is 2.19. The molecule has 0 bridgehead atoms. The van der Waals surface area contributed by atoms with Crippen molar-refractivity contribution in [2.24, 2.45) is 0 Å². The molecule has 1 saturated carbocycles. The lowest BCUT2D eigenvalue weighted by Gasteiger charge is -2.34. The van der Waals surface area contributed by atoms with Crippen molar-refractivity contribution >= 4 is 11.9 Å². The molecular weight excluding hydrogens is 236 g/mol. The third-order valence-corrected chi connectivity index (χ3v) is 3.41. The van der Waals surface area contributed by atoms with E-state index in [0.29, 0.717) is 25.7 Å². The molecular formula is C12H20N2O4. The number of carbonyl (C=O) groups is 2. The Hall–Kier alpha value is -1.14. The summed E-state index contributed by atoms with van der Waals surface area (Å²) in [5.41, 5.74) is 0. The Morgan fingerprint density at radius 3 is 2.78 bits per heavy atom. The second kappa shape index (κ2) is 5.67. The molecule has 2 rings (SSSR count). The summed E-state index contributed by atoms with van der Waals surface area (Å²) in [5.74, 6) is -0.350. The Morgan fingerprint density at radius 2 is 2.17 bits per heavy atom. The number of nitrogens with zero attached hydrogens (tertiary/aromatic N) is 1. The molecule has 0 aromatic carbocycles. The zero-order valence-corrected chi connectivity index (χ0v) is 10.8. The normalized spacial score (nSPS) is 26.4. The minimum absolute atomic E-state index is 0.0306. The van der Waals surface area contributed by atoms with Gasteiger partial charge < -0.3 is 14.8 Å². The summed E-state index contributed by atoms with van der Waals surface area (Å²) >= 11 is 0. The van der Waals surface area contributed by atoms with Gasteiger partial charge in [0.15, 0.2) is 6.10 Å². The molecule has 0 spiro atoms. The van der Waals surface area contributed by atoms with Gasteiger partial charge in [0, 0.05) is 19.1 Å². The van der Waals surface area contributed by atoms with Crippen LogP contribution < -0.4 is 5.32 Å². The molecule has 2 unspecified atom stereocenters. The number of esters is 1. The summed E-state index contributed by atoms with van der Waals surface area (Å²) in [6.07, 6.45) is 1.57. The van der Waals surface area contributed by atoms with E-state index in [0.717, 1.165) is 12.8 Å². The molecule has 2 atom stereocenters. The van der Waals surface area contributed by atoms with Crippen LogP contribution in [0.2, 0.25) is 0 Å². The third-order valence-electron chi connectivity index (χ3n) is 3.41. The van der Waals surface area contributed by atoms with Crippen molar-refractivity contribution in [2.45, 2.75) is 38.0 Å². The Balaban J connectivity index is 1.86. The van der Waals surface area contributed by atoms with Crippen LogP contribution in [0.15, 0.2) is 0 Å². The summed E-state index contributed by atoms with van der Waals surface area (Å²) in [4.78, 5) is 25.3. The molecule has 2 fully saturated rings. The average molecular weight is 256 g/mol. The Bertz CT molecular complexity index is 330. The molecule has 0 radical (unpaired) electrons. The highest BCUT2D eigenvalue weighted by molar-refractivity contribution is 5.82. The smallest absolute Gasteiger partial charge is 0.336 e. The predicted molar refractivity (Wildman–Crippen MR) is 64.0 cm³/mol. The zero-order valence-electron chi connectivity index (χ0n) is 10.8. The molecule has 1 N–H and O–H groups in total. The van der Waals surface area contributed by atoms with E-state index in [9.17, 15) is 9.59 Å². The first-order chi connectivity index (χ1) is 8.61. The van der Waals surface area contributed by atoms with E-state index in [4.69, 9.17) is 4.74 Å². The van der Waals surface area contributed by atoms with Gasteiger partial charge in [-0.15, -0.1) is 0 Å². The Kier molecular flexibility index (Phi) is 4.19. The summed E-state index contributed by atoms with van der Waals surface area (Å²) in [7, 11) is 1.34. The van der Waals surface area contributed by atoms with Crippen LogP contribution in [0, 0.1) is 0 Å². The van der Waals surface area contributed by atoms with E-state index in [1.165, 1.54) is 7.11 Å². The second-order valence-electron chi connectivity index (χ2n) is 4.84. The predicted octanol–water partition coefficient (Wildman–Crippen LogP) is -0.473. The second-order valence-corrected chi connectivity index (χ2v) is 4.84. The zero-order chi connectivity index (χ0) is 13.1. The standard InChI is InChI=1S/C12H20N2O4/c1-8(11(15)13-9-3-4-9)14-5-6-18-10(7-14)12(16)17-2/h8-10H,3-7H2,1-2H3,(H,13,15). The molecule has 18 heavy (non-hydrogen) atoms. The highest BCUT2D eigenvalue weighted by atomic mass is 16.6. The molecule has 0 aromatic heterocycles. The van der Waals surface area contributed by atoms with Crippen LogP contribution in [0.3, 0.4) is 0 Å². The Labute approximate surface area is 107 Å². The average Bonchev–Trinajstić information content (AvgIpc) is 3.20. The van der Waals surface area contributed by atoms with Gasteiger partial charge in [0.2, 0.25) is 5.91 Å². The number of carbonyl (C=O) groups excluding carboxylic acids is 2. The molecule has 0 aromatic rings. The maximum Gasteiger partial charge on any atom is 0.336 e. The van der Waals surface area contributed by atoms with Gasteiger partial charge in [-0.25, -0.2) is 4.79 Å². The Morgan fingerprint density at radius 1 is 1.44 bits per heavy atom. The maximum absolute atomic E-state index is 11.9. The number of methoxy groups -OCH3 is 1. The van der Waals surface area contributed by atoms with Gasteiger partial charge in [-0.2, -0.15) is 0 Å². The van der Waals surface area contributed by atoms with Crippen molar-refractivity contribution in [1.29, 1.82) is 0 Å². The van der Waals surface area contributed by atoms with Gasteiger partial charge in [0.1, 0.15) is 0 Å². The minimum atomic E-state index is -0.583. The monoisotopic (exact) mass is 256 g/mol. The summed E-state index contributed by atoms with van der Waals surface area (Å²) in [6.45, 7) is 3.37. The first-order valence-corrected chi connectivity index (χ1v) is 6.35. The molecule has 1 aliphatic carbocycles. The number of morpholine rings is 1. The molecule has 6 heteroatoms. The first-order valence-electron chi connectivity index (χ1n) is 6.35. The van der Waals surface area contributed by atoms with E-state index >= 15 is 0 Å². The number of nitrogens with one attached hydrogen (secondary N) is 1. The van der Waals surface area contributed by atoms with Crippen molar-refractivity contribution in [3.8, 4) is 0 Å². The molecule has 1 heterocycles. The van der Waals surface area contributed by atoms with Crippen LogP contribution >= 0.6 is 0 Å². The van der Waals surface area contributed by atoms with Crippen molar-refractivity contribution in [2.75, 3.05) is 26.8 Å². The van der Waals surface area contributed by atoms with E-state index in [1.54, 1.807) is 0 Å². The van der Waals surface area contributed by atoms with Crippen molar-refractivity contribution in [3.63, 3.8) is 0 Å². The highest BCUT2D eigenvalue weighted by Gasteiger charge is 2.33. The van der Waals surface area contributed by atoms with Crippen molar-refractivity contribution in [1.82, 2.24) is 10.2 Å². The summed E-state index contributed by atoms with van der Waals surface area (Å²) in [6, 6.07) is 0.124.